The molecule has 3 aliphatic heterocycles. The van der Waals surface area contributed by atoms with Gasteiger partial charge in [-0.15, -0.1) is 11.8 Å². The summed E-state index contributed by atoms with van der Waals surface area (Å²) in [6.45, 7) is 8.45. The molecule has 1 aromatic carbocycles. The predicted molar refractivity (Wildman–Crippen MR) is 139 cm³/mol. The number of nitrogens with one attached hydrogen (secondary N) is 2. The molecule has 3 heterocycles. The van der Waals surface area contributed by atoms with Gasteiger partial charge in [-0.3, -0.25) is 14.4 Å². The fraction of sp³-hybridized carbons (Fsp3) is 0.654. The van der Waals surface area contributed by atoms with E-state index in [0.717, 1.165) is 12.8 Å². The Bertz CT molecular complexity index is 989. The van der Waals surface area contributed by atoms with E-state index in [0.29, 0.717) is 30.1 Å². The highest BCUT2D eigenvalue weighted by Crippen LogP contribution is 2.71. The Labute approximate surface area is 216 Å². The number of aliphatic hydroxyl groups is 1. The van der Waals surface area contributed by atoms with E-state index >= 15 is 0 Å². The van der Waals surface area contributed by atoms with E-state index in [1.807, 2.05) is 20.8 Å². The van der Waals surface area contributed by atoms with Crippen LogP contribution < -0.4 is 10.6 Å². The molecule has 2 unspecified atom stereocenters. The lowest BCUT2D eigenvalue weighted by molar-refractivity contribution is -0.143. The van der Waals surface area contributed by atoms with Gasteiger partial charge in [-0.05, 0) is 62.8 Å². The van der Waals surface area contributed by atoms with E-state index in [4.69, 9.17) is 11.6 Å². The minimum atomic E-state index is -0.776. The molecule has 3 aliphatic rings. The van der Waals surface area contributed by atoms with Gasteiger partial charge in [0.25, 0.3) is 0 Å². The summed E-state index contributed by atoms with van der Waals surface area (Å²) >= 11 is 7.65. The smallest absolute Gasteiger partial charge is 0.248 e. The SMILES string of the molecule is CCCNC(=O)[C@@H]1[C@H]2C(=O)N([C@@H](CO)CC(C)C)C(C(=O)Nc3ccc(Cl)cc3)C23CC[C@@]1(C)S3. The van der Waals surface area contributed by atoms with Crippen LogP contribution in [0.3, 0.4) is 0 Å². The van der Waals surface area contributed by atoms with Crippen LogP contribution in [0.2, 0.25) is 5.02 Å². The van der Waals surface area contributed by atoms with Crippen molar-refractivity contribution in [2.75, 3.05) is 18.5 Å². The number of carbonyl (C=O) groups excluding carboxylic acids is 3. The highest BCUT2D eigenvalue weighted by Gasteiger charge is 2.77. The second kappa shape index (κ2) is 9.94. The molecule has 3 N–H and O–H groups in total. The molecule has 3 amide bonds. The molecule has 0 aromatic heterocycles. The summed E-state index contributed by atoms with van der Waals surface area (Å²) in [6, 6.07) is 5.61. The summed E-state index contributed by atoms with van der Waals surface area (Å²) in [6.07, 6.45) is 2.82. The number of nitrogens with zero attached hydrogens (tertiary/aromatic N) is 1. The first-order valence-electron chi connectivity index (χ1n) is 12.5. The van der Waals surface area contributed by atoms with Crippen LogP contribution in [0.1, 0.15) is 53.4 Å². The number of carbonyl (C=O) groups is 3. The Hall–Kier alpha value is -1.77. The first kappa shape index (κ1) is 26.3. The molecule has 2 bridgehead atoms. The number of aliphatic hydroxyl groups excluding tert-OH is 1. The Morgan fingerprint density at radius 1 is 1.23 bits per heavy atom. The highest BCUT2D eigenvalue weighted by atomic mass is 35.5. The lowest BCUT2D eigenvalue weighted by Crippen LogP contribution is -2.55. The normalized spacial score (nSPS) is 32.1. The van der Waals surface area contributed by atoms with Crippen molar-refractivity contribution in [3.8, 4) is 0 Å². The fourth-order valence-corrected chi connectivity index (χ4v) is 8.85. The predicted octanol–water partition coefficient (Wildman–Crippen LogP) is 3.69. The van der Waals surface area contributed by atoms with E-state index < -0.39 is 33.4 Å². The van der Waals surface area contributed by atoms with Crippen molar-refractivity contribution in [2.24, 2.45) is 17.8 Å². The average Bonchev–Trinajstić information content (AvgIpc) is 3.38. The maximum Gasteiger partial charge on any atom is 0.248 e. The summed E-state index contributed by atoms with van der Waals surface area (Å²) < 4.78 is -1.11. The zero-order valence-electron chi connectivity index (χ0n) is 20.8. The molecule has 9 heteroatoms. The molecule has 1 spiro atoms. The molecule has 0 aliphatic carbocycles. The van der Waals surface area contributed by atoms with Gasteiger partial charge in [-0.2, -0.15) is 0 Å². The van der Waals surface area contributed by atoms with Crippen molar-refractivity contribution in [2.45, 2.75) is 75.0 Å². The Morgan fingerprint density at radius 2 is 1.91 bits per heavy atom. The van der Waals surface area contributed by atoms with Crippen LogP contribution in [0.5, 0.6) is 0 Å². The molecular formula is C26H36ClN3O4S. The van der Waals surface area contributed by atoms with Crippen LogP contribution in [0.4, 0.5) is 5.69 Å². The molecule has 4 rings (SSSR count). The Balaban J connectivity index is 1.75. The van der Waals surface area contributed by atoms with Crippen LogP contribution >= 0.6 is 23.4 Å². The number of halogens is 1. The maximum absolute atomic E-state index is 14.1. The number of thioether (sulfide) groups is 1. The third kappa shape index (κ3) is 4.46. The van der Waals surface area contributed by atoms with Gasteiger partial charge >= 0.3 is 0 Å². The van der Waals surface area contributed by atoms with E-state index in [1.54, 1.807) is 40.9 Å². The maximum atomic E-state index is 14.1. The molecule has 192 valence electrons. The van der Waals surface area contributed by atoms with E-state index in [1.165, 1.54) is 0 Å². The molecule has 7 nitrogen and oxygen atoms in total. The van der Waals surface area contributed by atoms with Crippen LogP contribution in [-0.2, 0) is 14.4 Å². The van der Waals surface area contributed by atoms with Gasteiger partial charge in [-0.25, -0.2) is 0 Å². The topological polar surface area (TPSA) is 98.7 Å². The summed E-state index contributed by atoms with van der Waals surface area (Å²) in [7, 11) is 0. The van der Waals surface area contributed by atoms with Crippen molar-refractivity contribution < 1.29 is 19.5 Å². The lowest BCUT2D eigenvalue weighted by atomic mass is 9.66. The van der Waals surface area contributed by atoms with Gasteiger partial charge in [0.15, 0.2) is 0 Å². The number of fused-ring (bicyclic) bond motifs is 1. The third-order valence-electron chi connectivity index (χ3n) is 7.75. The summed E-state index contributed by atoms with van der Waals surface area (Å²) in [5.41, 5.74) is 0.594. The molecule has 0 radical (unpaired) electrons. The second-order valence-electron chi connectivity index (χ2n) is 10.7. The molecular weight excluding hydrogens is 486 g/mol. The van der Waals surface area contributed by atoms with Gasteiger partial charge < -0.3 is 20.6 Å². The highest BCUT2D eigenvalue weighted by molar-refractivity contribution is 8.02. The van der Waals surface area contributed by atoms with Gasteiger partial charge in [0.1, 0.15) is 6.04 Å². The summed E-state index contributed by atoms with van der Waals surface area (Å²) in [5.74, 6) is -1.45. The standard InChI is InChI=1S/C26H36ClN3O4S/c1-5-12-28-22(32)19-20-24(34)30(18(14-31)13-15(2)3)21(26(20)11-10-25(19,4)35-26)23(33)29-17-8-6-16(27)7-9-17/h6-9,15,18-21,31H,5,10-14H2,1-4H3,(H,28,32)(H,29,33)/t18-,19+,20+,21?,25-,26?/m1/s1. The van der Waals surface area contributed by atoms with Gasteiger partial charge in [0, 0.05) is 22.0 Å². The lowest BCUT2D eigenvalue weighted by Gasteiger charge is -2.37. The van der Waals surface area contributed by atoms with Gasteiger partial charge in [0.05, 0.1) is 29.2 Å². The molecule has 3 saturated heterocycles. The summed E-state index contributed by atoms with van der Waals surface area (Å²) in [5, 5.41) is 16.9. The Morgan fingerprint density at radius 3 is 2.51 bits per heavy atom. The monoisotopic (exact) mass is 521 g/mol. The van der Waals surface area contributed by atoms with Crippen LogP contribution in [0.15, 0.2) is 24.3 Å². The number of likely N-dealkylation sites (tertiary alicyclic amines) is 1. The largest absolute Gasteiger partial charge is 0.394 e. The number of benzene rings is 1. The zero-order chi connectivity index (χ0) is 25.5. The van der Waals surface area contributed by atoms with Crippen molar-refractivity contribution in [3.63, 3.8) is 0 Å². The van der Waals surface area contributed by atoms with Gasteiger partial charge in [0.2, 0.25) is 17.7 Å². The second-order valence-corrected chi connectivity index (χ2v) is 13.1. The number of rotatable bonds is 9. The average molecular weight is 522 g/mol. The molecule has 35 heavy (non-hydrogen) atoms. The summed E-state index contributed by atoms with van der Waals surface area (Å²) in [4.78, 5) is 43.0. The van der Waals surface area contributed by atoms with E-state index in [2.05, 4.69) is 17.6 Å². The minimum absolute atomic E-state index is 0.107. The van der Waals surface area contributed by atoms with Crippen LogP contribution in [0, 0.1) is 17.8 Å². The van der Waals surface area contributed by atoms with E-state index in [-0.39, 0.29) is 30.2 Å². The van der Waals surface area contributed by atoms with Gasteiger partial charge in [-0.1, -0.05) is 32.4 Å². The number of hydrogen-bond acceptors (Lipinski definition) is 5. The fourth-order valence-electron chi connectivity index (χ4n) is 6.38. The van der Waals surface area contributed by atoms with Crippen LogP contribution in [-0.4, -0.2) is 62.5 Å². The first-order valence-corrected chi connectivity index (χ1v) is 13.7. The number of amides is 3. The zero-order valence-corrected chi connectivity index (χ0v) is 22.4. The molecule has 0 saturated carbocycles. The minimum Gasteiger partial charge on any atom is -0.394 e. The van der Waals surface area contributed by atoms with Crippen molar-refractivity contribution >= 4 is 46.8 Å². The van der Waals surface area contributed by atoms with Crippen molar-refractivity contribution in [3.05, 3.63) is 29.3 Å². The number of hydrogen-bond donors (Lipinski definition) is 3. The molecule has 1 aromatic rings. The van der Waals surface area contributed by atoms with Crippen LogP contribution in [0.25, 0.3) is 0 Å². The third-order valence-corrected chi connectivity index (χ3v) is 9.99. The molecule has 6 atom stereocenters. The molecule has 3 fully saturated rings. The first-order chi connectivity index (χ1) is 16.6. The van der Waals surface area contributed by atoms with E-state index in [9.17, 15) is 19.5 Å². The Kier molecular flexibility index (Phi) is 7.47. The quantitative estimate of drug-likeness (QED) is 0.460. The van der Waals surface area contributed by atoms with Crippen molar-refractivity contribution in [1.29, 1.82) is 0 Å². The van der Waals surface area contributed by atoms with Crippen molar-refractivity contribution in [1.82, 2.24) is 10.2 Å². The number of anilines is 1.